The molecule has 2 heteroatoms. The van der Waals surface area contributed by atoms with Crippen molar-refractivity contribution in [1.29, 1.82) is 0 Å². The molecule has 80 valence electrons. The predicted octanol–water partition coefficient (Wildman–Crippen LogP) is 3.61. The fourth-order valence-corrected chi connectivity index (χ4v) is 1.58. The lowest BCUT2D eigenvalue weighted by Crippen LogP contribution is -2.11. The van der Waals surface area contributed by atoms with Gasteiger partial charge < -0.3 is 5.73 Å². The van der Waals surface area contributed by atoms with E-state index in [1.54, 1.807) is 0 Å². The van der Waals surface area contributed by atoms with Crippen molar-refractivity contribution in [2.75, 3.05) is 0 Å². The number of halogens is 1. The monoisotopic (exact) mass is 213 g/mol. The van der Waals surface area contributed by atoms with Crippen LogP contribution in [0, 0.1) is 6.92 Å². The quantitative estimate of drug-likeness (QED) is 0.813. The van der Waals surface area contributed by atoms with Crippen molar-refractivity contribution in [1.82, 2.24) is 0 Å². The van der Waals surface area contributed by atoms with Crippen LogP contribution in [0.5, 0.6) is 0 Å². The van der Waals surface area contributed by atoms with Gasteiger partial charge in [0, 0.05) is 6.04 Å². The molecule has 0 spiro atoms. The summed E-state index contributed by atoms with van der Waals surface area (Å²) in [6.07, 6.45) is 3.54. The van der Waals surface area contributed by atoms with Gasteiger partial charge in [-0.15, -0.1) is 12.4 Å². The topological polar surface area (TPSA) is 26.0 Å². The van der Waals surface area contributed by atoms with E-state index >= 15 is 0 Å². The molecule has 0 aliphatic rings. The largest absolute Gasteiger partial charge is 0.324 e. The maximum Gasteiger partial charge on any atom is 0.0297 e. The van der Waals surface area contributed by atoms with Crippen LogP contribution in [0.25, 0.3) is 0 Å². The molecule has 0 saturated heterocycles. The maximum absolute atomic E-state index is 6.08. The molecule has 1 aromatic rings. The predicted molar refractivity (Wildman–Crippen MR) is 64.9 cm³/mol. The Bertz CT molecular complexity index is 260. The first-order valence-electron chi connectivity index (χ1n) is 5.06. The van der Waals surface area contributed by atoms with Crippen LogP contribution in [0.2, 0.25) is 0 Å². The minimum absolute atomic E-state index is 0. The van der Waals surface area contributed by atoms with Crippen molar-refractivity contribution < 1.29 is 0 Å². The minimum Gasteiger partial charge on any atom is -0.324 e. The van der Waals surface area contributed by atoms with Gasteiger partial charge in [0.1, 0.15) is 0 Å². The molecule has 0 fully saturated rings. The number of hydrogen-bond acceptors (Lipinski definition) is 1. The fourth-order valence-electron chi connectivity index (χ4n) is 1.58. The summed E-state index contributed by atoms with van der Waals surface area (Å²) in [7, 11) is 0. The molecule has 0 unspecified atom stereocenters. The number of unbranched alkanes of at least 4 members (excludes halogenated alkanes) is 1. The van der Waals surface area contributed by atoms with Crippen molar-refractivity contribution in [2.24, 2.45) is 5.73 Å². The summed E-state index contributed by atoms with van der Waals surface area (Å²) >= 11 is 0. The highest BCUT2D eigenvalue weighted by Gasteiger charge is 2.06. The molecular weight excluding hydrogens is 194 g/mol. The van der Waals surface area contributed by atoms with Gasteiger partial charge in [0.05, 0.1) is 0 Å². The zero-order valence-electron chi connectivity index (χ0n) is 8.99. The Hall–Kier alpha value is -0.530. The van der Waals surface area contributed by atoms with Gasteiger partial charge in [0.2, 0.25) is 0 Å². The Labute approximate surface area is 93.1 Å². The third-order valence-electron chi connectivity index (χ3n) is 2.46. The number of benzene rings is 1. The van der Waals surface area contributed by atoms with Crippen LogP contribution in [0.3, 0.4) is 0 Å². The molecule has 14 heavy (non-hydrogen) atoms. The molecular formula is C12H20ClN. The second-order valence-corrected chi connectivity index (χ2v) is 3.61. The Morgan fingerprint density at radius 1 is 1.29 bits per heavy atom. The lowest BCUT2D eigenvalue weighted by molar-refractivity contribution is 0.601. The summed E-state index contributed by atoms with van der Waals surface area (Å²) in [5, 5.41) is 0. The molecule has 1 nitrogen and oxygen atoms in total. The Balaban J connectivity index is 0.00000169. The minimum atomic E-state index is 0. The molecule has 1 rings (SSSR count). The van der Waals surface area contributed by atoms with Gasteiger partial charge in [-0.1, -0.05) is 44.0 Å². The van der Waals surface area contributed by atoms with E-state index < -0.39 is 0 Å². The molecule has 2 N–H and O–H groups in total. The highest BCUT2D eigenvalue weighted by molar-refractivity contribution is 5.85. The molecule has 0 aromatic heterocycles. The van der Waals surface area contributed by atoms with E-state index in [0.29, 0.717) is 0 Å². The molecule has 0 aliphatic carbocycles. The van der Waals surface area contributed by atoms with Crippen molar-refractivity contribution in [2.45, 2.75) is 39.2 Å². The van der Waals surface area contributed by atoms with Gasteiger partial charge >= 0.3 is 0 Å². The van der Waals surface area contributed by atoms with E-state index in [1.165, 1.54) is 24.0 Å². The number of rotatable bonds is 4. The van der Waals surface area contributed by atoms with E-state index in [9.17, 15) is 0 Å². The molecule has 0 heterocycles. The van der Waals surface area contributed by atoms with Crippen LogP contribution in [-0.4, -0.2) is 0 Å². The van der Waals surface area contributed by atoms with E-state index in [4.69, 9.17) is 5.73 Å². The van der Waals surface area contributed by atoms with Crippen LogP contribution in [0.15, 0.2) is 24.3 Å². The van der Waals surface area contributed by atoms with Crippen LogP contribution in [-0.2, 0) is 0 Å². The number of aryl methyl sites for hydroxylation is 1. The molecule has 0 saturated carbocycles. The van der Waals surface area contributed by atoms with Gasteiger partial charge in [-0.3, -0.25) is 0 Å². The van der Waals surface area contributed by atoms with Gasteiger partial charge in [-0.2, -0.15) is 0 Å². The van der Waals surface area contributed by atoms with E-state index in [2.05, 4.69) is 38.1 Å². The Morgan fingerprint density at radius 2 is 1.93 bits per heavy atom. The van der Waals surface area contributed by atoms with Gasteiger partial charge in [-0.25, -0.2) is 0 Å². The second kappa shape index (κ2) is 6.86. The summed E-state index contributed by atoms with van der Waals surface area (Å²) in [5.41, 5.74) is 8.69. The van der Waals surface area contributed by atoms with Crippen molar-refractivity contribution in [3.63, 3.8) is 0 Å². The first kappa shape index (κ1) is 13.5. The van der Waals surface area contributed by atoms with Crippen molar-refractivity contribution in [3.05, 3.63) is 35.4 Å². The normalized spacial score (nSPS) is 11.9. The highest BCUT2D eigenvalue weighted by Crippen LogP contribution is 2.19. The lowest BCUT2D eigenvalue weighted by Gasteiger charge is -2.13. The van der Waals surface area contributed by atoms with E-state index in [-0.39, 0.29) is 18.4 Å². The zero-order valence-corrected chi connectivity index (χ0v) is 9.81. The number of hydrogen-bond donors (Lipinski definition) is 1. The van der Waals surface area contributed by atoms with Crippen LogP contribution in [0.1, 0.15) is 43.4 Å². The molecule has 1 atom stereocenters. The van der Waals surface area contributed by atoms with Gasteiger partial charge in [0.15, 0.2) is 0 Å². The molecule has 0 amide bonds. The standard InChI is InChI=1S/C12H19N.ClH/c1-3-4-9-12(13)11-8-6-5-7-10(11)2;/h5-8,12H,3-4,9,13H2,1-2H3;1H/t12-;/m1./s1. The smallest absolute Gasteiger partial charge is 0.0297 e. The van der Waals surface area contributed by atoms with Crippen molar-refractivity contribution in [3.8, 4) is 0 Å². The first-order chi connectivity index (χ1) is 6.25. The molecule has 0 radical (unpaired) electrons. The summed E-state index contributed by atoms with van der Waals surface area (Å²) in [4.78, 5) is 0. The lowest BCUT2D eigenvalue weighted by atomic mass is 9.98. The van der Waals surface area contributed by atoms with Crippen LogP contribution >= 0.6 is 12.4 Å². The fraction of sp³-hybridized carbons (Fsp3) is 0.500. The van der Waals surface area contributed by atoms with Crippen LogP contribution in [0.4, 0.5) is 0 Å². The Morgan fingerprint density at radius 3 is 2.50 bits per heavy atom. The summed E-state index contributed by atoms with van der Waals surface area (Å²) in [6.45, 7) is 4.33. The third-order valence-corrected chi connectivity index (χ3v) is 2.46. The molecule has 1 aromatic carbocycles. The Kier molecular flexibility index (Phi) is 6.60. The number of nitrogens with two attached hydrogens (primary N) is 1. The average molecular weight is 214 g/mol. The zero-order chi connectivity index (χ0) is 9.68. The third kappa shape index (κ3) is 3.69. The van der Waals surface area contributed by atoms with Gasteiger partial charge in [0.25, 0.3) is 0 Å². The summed E-state index contributed by atoms with van der Waals surface area (Å²) < 4.78 is 0. The van der Waals surface area contributed by atoms with Crippen molar-refractivity contribution >= 4 is 12.4 Å². The maximum atomic E-state index is 6.08. The average Bonchev–Trinajstić information content (AvgIpc) is 2.15. The molecule has 0 aliphatic heterocycles. The van der Waals surface area contributed by atoms with E-state index in [1.807, 2.05) is 0 Å². The van der Waals surface area contributed by atoms with Gasteiger partial charge in [-0.05, 0) is 24.5 Å². The van der Waals surface area contributed by atoms with Crippen LogP contribution < -0.4 is 5.73 Å². The first-order valence-corrected chi connectivity index (χ1v) is 5.06. The molecule has 0 bridgehead atoms. The SMILES string of the molecule is CCCC[C@@H](N)c1ccccc1C.Cl. The second-order valence-electron chi connectivity index (χ2n) is 3.61. The van der Waals surface area contributed by atoms with E-state index in [0.717, 1.165) is 6.42 Å². The highest BCUT2D eigenvalue weighted by atomic mass is 35.5. The summed E-state index contributed by atoms with van der Waals surface area (Å²) in [5.74, 6) is 0. The summed E-state index contributed by atoms with van der Waals surface area (Å²) in [6, 6.07) is 8.61.